The maximum Gasteiger partial charge on any atom is 0.330 e. The summed E-state index contributed by atoms with van der Waals surface area (Å²) < 4.78 is 9.74. The van der Waals surface area contributed by atoms with Crippen molar-refractivity contribution in [3.8, 4) is 5.75 Å². The second-order valence-electron chi connectivity index (χ2n) is 5.09. The van der Waals surface area contributed by atoms with Crippen LogP contribution >= 0.6 is 0 Å². The van der Waals surface area contributed by atoms with Crippen LogP contribution in [0.2, 0.25) is 0 Å². The molecule has 1 aromatic rings. The molecule has 0 spiro atoms. The van der Waals surface area contributed by atoms with Crippen molar-refractivity contribution in [3.05, 3.63) is 35.9 Å². The van der Waals surface area contributed by atoms with Crippen molar-refractivity contribution in [2.24, 2.45) is 0 Å². The molecule has 0 bridgehead atoms. The summed E-state index contributed by atoms with van der Waals surface area (Å²) in [5, 5.41) is 47.0. The topological polar surface area (TPSA) is 137 Å². The van der Waals surface area contributed by atoms with Gasteiger partial charge in [0.25, 0.3) is 0 Å². The summed E-state index contributed by atoms with van der Waals surface area (Å²) >= 11 is 0. The lowest BCUT2D eigenvalue weighted by Crippen LogP contribution is -2.58. The number of rotatable bonds is 4. The van der Waals surface area contributed by atoms with Gasteiger partial charge in [0.15, 0.2) is 6.29 Å². The fourth-order valence-corrected chi connectivity index (χ4v) is 2.03. The van der Waals surface area contributed by atoms with Gasteiger partial charge in [-0.25, -0.2) is 4.79 Å². The third kappa shape index (κ3) is 4.50. The first-order chi connectivity index (χ1) is 10.9. The van der Waals surface area contributed by atoms with E-state index in [-0.39, 0.29) is 5.75 Å². The normalized spacial score (nSPS) is 31.2. The lowest BCUT2D eigenvalue weighted by Gasteiger charge is -2.37. The minimum atomic E-state index is -1.68. The van der Waals surface area contributed by atoms with Crippen molar-refractivity contribution in [1.82, 2.24) is 0 Å². The molecular weight excluding hydrogens is 308 g/mol. The maximum absolute atomic E-state index is 11.6. The van der Waals surface area contributed by atoms with Crippen LogP contribution in [0.1, 0.15) is 5.56 Å². The SMILES string of the molecule is O=C(/C=C/c1ccc(O)cc1)OCC1OC(O)C(O)C(O)C1O. The van der Waals surface area contributed by atoms with Crippen LogP contribution in [0.4, 0.5) is 0 Å². The molecule has 0 radical (unpaired) electrons. The molecule has 0 amide bonds. The number of aliphatic hydroxyl groups excluding tert-OH is 4. The predicted octanol–water partition coefficient (Wildman–Crippen LogP) is -1.25. The summed E-state index contributed by atoms with van der Waals surface area (Å²) in [6.45, 7) is -0.402. The largest absolute Gasteiger partial charge is 0.508 e. The van der Waals surface area contributed by atoms with Crippen molar-refractivity contribution >= 4 is 12.0 Å². The number of phenols is 1. The summed E-state index contributed by atoms with van der Waals surface area (Å²) in [4.78, 5) is 11.6. The molecular formula is C15H18O8. The molecule has 1 heterocycles. The Hall–Kier alpha value is -1.97. The van der Waals surface area contributed by atoms with Crippen LogP contribution in [0, 0.1) is 0 Å². The molecule has 5 atom stereocenters. The highest BCUT2D eigenvalue weighted by Gasteiger charge is 2.43. The Morgan fingerprint density at radius 1 is 1.09 bits per heavy atom. The zero-order valence-corrected chi connectivity index (χ0v) is 12.0. The number of phenolic OH excluding ortho intramolecular Hbond substituents is 1. The van der Waals surface area contributed by atoms with Gasteiger partial charge in [-0.15, -0.1) is 0 Å². The van der Waals surface area contributed by atoms with Crippen LogP contribution in [0.15, 0.2) is 30.3 Å². The number of esters is 1. The zero-order chi connectivity index (χ0) is 17.0. The number of aromatic hydroxyl groups is 1. The van der Waals surface area contributed by atoms with Gasteiger partial charge in [0, 0.05) is 6.08 Å². The summed E-state index contributed by atoms with van der Waals surface area (Å²) in [5.74, 6) is -0.614. The third-order valence-corrected chi connectivity index (χ3v) is 3.38. The second kappa shape index (κ2) is 7.53. The van der Waals surface area contributed by atoms with Gasteiger partial charge in [-0.2, -0.15) is 0 Å². The van der Waals surface area contributed by atoms with Gasteiger partial charge in [0.1, 0.15) is 36.8 Å². The van der Waals surface area contributed by atoms with Crippen molar-refractivity contribution in [1.29, 1.82) is 0 Å². The van der Waals surface area contributed by atoms with E-state index in [0.29, 0.717) is 5.56 Å². The molecule has 1 aliphatic rings. The molecule has 1 aliphatic heterocycles. The van der Waals surface area contributed by atoms with E-state index in [1.54, 1.807) is 12.1 Å². The number of benzene rings is 1. The molecule has 126 valence electrons. The Morgan fingerprint density at radius 2 is 1.74 bits per heavy atom. The van der Waals surface area contributed by atoms with E-state index in [1.165, 1.54) is 18.2 Å². The summed E-state index contributed by atoms with van der Waals surface area (Å²) in [5.41, 5.74) is 0.669. The number of hydrogen-bond donors (Lipinski definition) is 5. The van der Waals surface area contributed by atoms with E-state index in [4.69, 9.17) is 14.6 Å². The van der Waals surface area contributed by atoms with Gasteiger partial charge in [0.05, 0.1) is 0 Å². The van der Waals surface area contributed by atoms with Crippen molar-refractivity contribution in [3.63, 3.8) is 0 Å². The molecule has 0 saturated carbocycles. The van der Waals surface area contributed by atoms with E-state index < -0.39 is 43.3 Å². The average Bonchev–Trinajstić information content (AvgIpc) is 2.54. The van der Waals surface area contributed by atoms with Crippen LogP contribution in [0.5, 0.6) is 5.75 Å². The van der Waals surface area contributed by atoms with Gasteiger partial charge in [0.2, 0.25) is 0 Å². The molecule has 2 rings (SSSR count). The third-order valence-electron chi connectivity index (χ3n) is 3.38. The number of ether oxygens (including phenoxy) is 2. The highest BCUT2D eigenvalue weighted by molar-refractivity contribution is 5.87. The van der Waals surface area contributed by atoms with E-state index in [2.05, 4.69) is 0 Å². The first-order valence-corrected chi connectivity index (χ1v) is 6.90. The predicted molar refractivity (Wildman–Crippen MR) is 77.0 cm³/mol. The lowest BCUT2D eigenvalue weighted by atomic mass is 9.99. The first kappa shape index (κ1) is 17.4. The Kier molecular flexibility index (Phi) is 5.69. The molecule has 0 aliphatic carbocycles. The lowest BCUT2D eigenvalue weighted by molar-refractivity contribution is -0.287. The molecule has 0 aromatic heterocycles. The maximum atomic E-state index is 11.6. The number of carbonyl (C=O) groups excluding carboxylic acids is 1. The second-order valence-corrected chi connectivity index (χ2v) is 5.09. The molecule has 1 aromatic carbocycles. The van der Waals surface area contributed by atoms with E-state index >= 15 is 0 Å². The highest BCUT2D eigenvalue weighted by atomic mass is 16.6. The van der Waals surface area contributed by atoms with E-state index in [1.807, 2.05) is 0 Å². The average molecular weight is 326 g/mol. The number of carbonyl (C=O) groups is 1. The van der Waals surface area contributed by atoms with E-state index in [0.717, 1.165) is 6.08 Å². The molecule has 8 nitrogen and oxygen atoms in total. The summed E-state index contributed by atoms with van der Waals surface area (Å²) in [6, 6.07) is 6.12. The Labute approximate surface area is 131 Å². The molecule has 5 N–H and O–H groups in total. The van der Waals surface area contributed by atoms with Crippen LogP contribution in [-0.4, -0.2) is 68.8 Å². The molecule has 1 saturated heterocycles. The molecule has 1 fully saturated rings. The molecule has 23 heavy (non-hydrogen) atoms. The van der Waals surface area contributed by atoms with Gasteiger partial charge in [-0.05, 0) is 23.8 Å². The van der Waals surface area contributed by atoms with Gasteiger partial charge in [-0.1, -0.05) is 12.1 Å². The van der Waals surface area contributed by atoms with Crippen LogP contribution in [0.3, 0.4) is 0 Å². The van der Waals surface area contributed by atoms with Crippen molar-refractivity contribution < 1.29 is 39.8 Å². The first-order valence-electron chi connectivity index (χ1n) is 6.90. The van der Waals surface area contributed by atoms with Crippen LogP contribution in [0.25, 0.3) is 6.08 Å². The van der Waals surface area contributed by atoms with Crippen LogP contribution < -0.4 is 0 Å². The van der Waals surface area contributed by atoms with Crippen LogP contribution in [-0.2, 0) is 14.3 Å². The fourth-order valence-electron chi connectivity index (χ4n) is 2.03. The minimum Gasteiger partial charge on any atom is -0.508 e. The molecule has 8 heteroatoms. The Bertz CT molecular complexity index is 555. The van der Waals surface area contributed by atoms with E-state index in [9.17, 15) is 25.2 Å². The summed E-state index contributed by atoms with van der Waals surface area (Å²) in [6.07, 6.45) is -4.96. The summed E-state index contributed by atoms with van der Waals surface area (Å²) in [7, 11) is 0. The smallest absolute Gasteiger partial charge is 0.330 e. The van der Waals surface area contributed by atoms with Crippen molar-refractivity contribution in [2.75, 3.05) is 6.61 Å². The number of aliphatic hydroxyl groups is 4. The van der Waals surface area contributed by atoms with Gasteiger partial charge in [-0.3, -0.25) is 0 Å². The quantitative estimate of drug-likeness (QED) is 0.342. The van der Waals surface area contributed by atoms with Gasteiger partial charge >= 0.3 is 5.97 Å². The minimum absolute atomic E-state index is 0.104. The monoisotopic (exact) mass is 326 g/mol. The Balaban J connectivity index is 1.85. The zero-order valence-electron chi connectivity index (χ0n) is 12.0. The standard InChI is InChI=1S/C15H18O8/c16-9-4-1-8(2-5-9)3-6-11(17)22-7-10-12(18)13(19)14(20)15(21)23-10/h1-6,10,12-16,18-21H,7H2/b6-3+. The number of hydrogen-bond acceptors (Lipinski definition) is 8. The van der Waals surface area contributed by atoms with Crippen molar-refractivity contribution in [2.45, 2.75) is 30.7 Å². The molecule has 5 unspecified atom stereocenters. The van der Waals surface area contributed by atoms with Gasteiger partial charge < -0.3 is 35.0 Å². The highest BCUT2D eigenvalue weighted by Crippen LogP contribution is 2.20. The fraction of sp³-hybridized carbons (Fsp3) is 0.400. The Morgan fingerprint density at radius 3 is 2.39 bits per heavy atom.